The first-order valence-corrected chi connectivity index (χ1v) is 11.0. The predicted molar refractivity (Wildman–Crippen MR) is 133 cm³/mol. The molecule has 1 aromatic carbocycles. The van der Waals surface area contributed by atoms with E-state index < -0.39 is 0 Å². The topological polar surface area (TPSA) is 48.9 Å². The molecular weight excluding hydrogens is 483 g/mol. The molecule has 0 aromatic heterocycles. The zero-order chi connectivity index (χ0) is 19.5. The van der Waals surface area contributed by atoms with Crippen molar-refractivity contribution in [3.63, 3.8) is 0 Å². The Labute approximate surface area is 192 Å². The van der Waals surface area contributed by atoms with Crippen LogP contribution in [0.2, 0.25) is 0 Å². The van der Waals surface area contributed by atoms with Crippen LogP contribution in [0.15, 0.2) is 29.3 Å². The van der Waals surface area contributed by atoms with Crippen molar-refractivity contribution < 1.29 is 4.74 Å². The lowest BCUT2D eigenvalue weighted by molar-refractivity contribution is 0.281. The molecule has 160 valence electrons. The number of hydrogen-bond acceptors (Lipinski definition) is 4. The minimum absolute atomic E-state index is 0. The van der Waals surface area contributed by atoms with Crippen molar-refractivity contribution in [1.29, 1.82) is 0 Å². The standard InChI is InChI=1S/C21H36N4OS.HI/c1-5-22-20(24-17-21(2)12-6-15-27-21)23-16-18-8-10-19(11-9-18)26-14-7-13-25(3)4;/h8-11H,5-7,12-17H2,1-4H3,(H2,22,23,24);1H. The van der Waals surface area contributed by atoms with E-state index in [4.69, 9.17) is 9.73 Å². The van der Waals surface area contributed by atoms with E-state index in [2.05, 4.69) is 67.4 Å². The van der Waals surface area contributed by atoms with Gasteiger partial charge in [-0.2, -0.15) is 11.8 Å². The fraction of sp³-hybridized carbons (Fsp3) is 0.667. The normalized spacial score (nSPS) is 19.4. The van der Waals surface area contributed by atoms with Crippen LogP contribution in [-0.4, -0.2) is 61.7 Å². The second-order valence-electron chi connectivity index (χ2n) is 7.60. The van der Waals surface area contributed by atoms with Gasteiger partial charge in [-0.05, 0) is 70.7 Å². The summed E-state index contributed by atoms with van der Waals surface area (Å²) in [5.74, 6) is 3.10. The molecule has 5 nitrogen and oxygen atoms in total. The molecule has 0 amide bonds. The lowest BCUT2D eigenvalue weighted by Gasteiger charge is -2.24. The molecule has 0 saturated carbocycles. The number of nitrogens with zero attached hydrogens (tertiary/aromatic N) is 2. The lowest BCUT2D eigenvalue weighted by atomic mass is 10.1. The summed E-state index contributed by atoms with van der Waals surface area (Å²) < 4.78 is 6.13. The van der Waals surface area contributed by atoms with Gasteiger partial charge in [0.1, 0.15) is 5.75 Å². The number of ether oxygens (including phenoxy) is 1. The Balaban J connectivity index is 0.00000392. The summed E-state index contributed by atoms with van der Waals surface area (Å²) in [6.45, 7) is 8.74. The molecule has 1 atom stereocenters. The number of rotatable bonds is 10. The van der Waals surface area contributed by atoms with Crippen LogP contribution in [0.5, 0.6) is 5.75 Å². The van der Waals surface area contributed by atoms with Crippen molar-refractivity contribution in [3.05, 3.63) is 29.8 Å². The molecule has 2 rings (SSSR count). The van der Waals surface area contributed by atoms with Crippen LogP contribution in [0.1, 0.15) is 38.7 Å². The first-order chi connectivity index (χ1) is 13.0. The number of nitrogens with one attached hydrogen (secondary N) is 2. The maximum absolute atomic E-state index is 5.79. The minimum Gasteiger partial charge on any atom is -0.494 e. The number of guanidine groups is 1. The Bertz CT molecular complexity index is 574. The van der Waals surface area contributed by atoms with Gasteiger partial charge in [0.15, 0.2) is 5.96 Å². The summed E-state index contributed by atoms with van der Waals surface area (Å²) >= 11 is 2.07. The molecule has 0 radical (unpaired) electrons. The molecule has 1 unspecified atom stereocenters. The van der Waals surface area contributed by atoms with Crippen molar-refractivity contribution in [2.24, 2.45) is 4.99 Å². The fourth-order valence-corrected chi connectivity index (χ4v) is 4.27. The van der Waals surface area contributed by atoms with Gasteiger partial charge in [0.05, 0.1) is 13.2 Å². The summed E-state index contributed by atoms with van der Waals surface area (Å²) in [6, 6.07) is 8.28. The number of halogens is 1. The molecule has 1 aliphatic rings. The van der Waals surface area contributed by atoms with Gasteiger partial charge in [0.25, 0.3) is 0 Å². The third-order valence-electron chi connectivity index (χ3n) is 4.64. The van der Waals surface area contributed by atoms with E-state index in [1.165, 1.54) is 24.2 Å². The van der Waals surface area contributed by atoms with Crippen molar-refractivity contribution in [2.75, 3.05) is 46.1 Å². The van der Waals surface area contributed by atoms with E-state index >= 15 is 0 Å². The zero-order valence-electron chi connectivity index (χ0n) is 17.8. The van der Waals surface area contributed by atoms with E-state index in [0.717, 1.165) is 44.4 Å². The van der Waals surface area contributed by atoms with Gasteiger partial charge in [0.2, 0.25) is 0 Å². The smallest absolute Gasteiger partial charge is 0.191 e. The van der Waals surface area contributed by atoms with Gasteiger partial charge in [-0.15, -0.1) is 24.0 Å². The van der Waals surface area contributed by atoms with Crippen LogP contribution in [0.25, 0.3) is 0 Å². The van der Waals surface area contributed by atoms with Crippen LogP contribution in [0.3, 0.4) is 0 Å². The Hall–Kier alpha value is -0.670. The number of hydrogen-bond donors (Lipinski definition) is 2. The maximum atomic E-state index is 5.79. The minimum atomic E-state index is 0. The molecule has 2 N–H and O–H groups in total. The number of aliphatic imine (C=N–C) groups is 1. The second-order valence-corrected chi connectivity index (χ2v) is 9.28. The molecule has 1 aliphatic heterocycles. The second kappa shape index (κ2) is 13.5. The molecular formula is C21H37IN4OS. The summed E-state index contributed by atoms with van der Waals surface area (Å²) in [4.78, 5) is 6.91. The Kier molecular flexibility index (Phi) is 12.3. The van der Waals surface area contributed by atoms with Gasteiger partial charge in [-0.25, -0.2) is 4.99 Å². The van der Waals surface area contributed by atoms with Gasteiger partial charge < -0.3 is 20.3 Å². The monoisotopic (exact) mass is 520 g/mol. The molecule has 28 heavy (non-hydrogen) atoms. The fourth-order valence-electron chi connectivity index (χ4n) is 3.02. The molecule has 0 bridgehead atoms. The van der Waals surface area contributed by atoms with Crippen molar-refractivity contribution in [2.45, 2.75) is 44.4 Å². The average Bonchev–Trinajstić information content (AvgIpc) is 3.09. The van der Waals surface area contributed by atoms with E-state index in [9.17, 15) is 0 Å². The first kappa shape index (κ1) is 25.4. The lowest BCUT2D eigenvalue weighted by Crippen LogP contribution is -2.43. The largest absolute Gasteiger partial charge is 0.494 e. The molecule has 1 fully saturated rings. The SMILES string of the molecule is CCNC(=NCc1ccc(OCCCN(C)C)cc1)NCC1(C)CCCS1.I. The van der Waals surface area contributed by atoms with E-state index in [-0.39, 0.29) is 24.0 Å². The zero-order valence-corrected chi connectivity index (χ0v) is 20.9. The average molecular weight is 521 g/mol. The molecule has 1 heterocycles. The van der Waals surface area contributed by atoms with E-state index in [0.29, 0.717) is 11.3 Å². The van der Waals surface area contributed by atoms with Crippen molar-refractivity contribution in [3.8, 4) is 5.75 Å². The van der Waals surface area contributed by atoms with Crippen LogP contribution >= 0.6 is 35.7 Å². The van der Waals surface area contributed by atoms with Gasteiger partial charge in [-0.1, -0.05) is 12.1 Å². The Morgan fingerprint density at radius 3 is 2.61 bits per heavy atom. The molecule has 7 heteroatoms. The quantitative estimate of drug-likeness (QED) is 0.212. The summed E-state index contributed by atoms with van der Waals surface area (Å²) in [6.07, 6.45) is 3.63. The van der Waals surface area contributed by atoms with Crippen LogP contribution < -0.4 is 15.4 Å². The Morgan fingerprint density at radius 1 is 1.25 bits per heavy atom. The van der Waals surface area contributed by atoms with E-state index in [1.807, 2.05) is 12.1 Å². The van der Waals surface area contributed by atoms with Crippen molar-refractivity contribution in [1.82, 2.24) is 15.5 Å². The van der Waals surface area contributed by atoms with Gasteiger partial charge >= 0.3 is 0 Å². The molecule has 1 aromatic rings. The highest BCUT2D eigenvalue weighted by atomic mass is 127. The highest BCUT2D eigenvalue weighted by Gasteiger charge is 2.29. The third-order valence-corrected chi connectivity index (χ3v) is 6.17. The Morgan fingerprint density at radius 2 is 2.00 bits per heavy atom. The number of benzene rings is 1. The van der Waals surface area contributed by atoms with Gasteiger partial charge in [0, 0.05) is 24.4 Å². The third kappa shape index (κ3) is 9.69. The molecule has 0 aliphatic carbocycles. The number of thioether (sulfide) groups is 1. The van der Waals surface area contributed by atoms with Crippen LogP contribution in [0, 0.1) is 0 Å². The summed E-state index contributed by atoms with van der Waals surface area (Å²) in [5, 5.41) is 6.87. The van der Waals surface area contributed by atoms with Gasteiger partial charge in [-0.3, -0.25) is 0 Å². The first-order valence-electron chi connectivity index (χ1n) is 10.0. The summed E-state index contributed by atoms with van der Waals surface area (Å²) in [5.41, 5.74) is 1.19. The molecule has 0 spiro atoms. The predicted octanol–water partition coefficient (Wildman–Crippen LogP) is 3.98. The highest BCUT2D eigenvalue weighted by Crippen LogP contribution is 2.36. The van der Waals surface area contributed by atoms with E-state index in [1.54, 1.807) is 0 Å². The van der Waals surface area contributed by atoms with Crippen LogP contribution in [0.4, 0.5) is 0 Å². The molecule has 1 saturated heterocycles. The van der Waals surface area contributed by atoms with Crippen LogP contribution in [-0.2, 0) is 6.54 Å². The van der Waals surface area contributed by atoms with Crippen molar-refractivity contribution >= 4 is 41.7 Å². The highest BCUT2D eigenvalue weighted by molar-refractivity contribution is 14.0. The summed E-state index contributed by atoms with van der Waals surface area (Å²) in [7, 11) is 4.16. The maximum Gasteiger partial charge on any atom is 0.191 e.